The number of nitrogens with zero attached hydrogens (tertiary/aromatic N) is 2. The molecule has 110 valence electrons. The van der Waals surface area contributed by atoms with Crippen LogP contribution in [0.25, 0.3) is 0 Å². The molecule has 1 N–H and O–H groups in total. The topological polar surface area (TPSA) is 72.2 Å². The number of carbonyl (C=O) groups excluding carboxylic acids is 1. The zero-order valence-electron chi connectivity index (χ0n) is 11.5. The molecule has 22 heavy (non-hydrogen) atoms. The lowest BCUT2D eigenvalue weighted by atomic mass is 10.2. The van der Waals surface area contributed by atoms with Crippen LogP contribution in [0.15, 0.2) is 73.1 Å². The molecule has 0 radical (unpaired) electrons. The highest BCUT2D eigenvalue weighted by Crippen LogP contribution is 2.37. The molecule has 3 aromatic rings. The van der Waals surface area contributed by atoms with Gasteiger partial charge < -0.3 is 4.89 Å². The monoisotopic (exact) mass is 312 g/mol. The molecule has 1 aromatic heterocycles. The second-order valence-electron chi connectivity index (χ2n) is 4.68. The van der Waals surface area contributed by atoms with E-state index < -0.39 is 13.3 Å². The van der Waals surface area contributed by atoms with E-state index in [4.69, 9.17) is 0 Å². The van der Waals surface area contributed by atoms with Gasteiger partial charge in [0, 0.05) is 23.3 Å². The fraction of sp³-hybridized carbons (Fsp3) is 0. The average Bonchev–Trinajstić information content (AvgIpc) is 3.06. The van der Waals surface area contributed by atoms with Crippen molar-refractivity contribution in [2.45, 2.75) is 0 Å². The Morgan fingerprint density at radius 1 is 1.00 bits per heavy atom. The first kappa shape index (κ1) is 14.4. The molecule has 0 aliphatic carbocycles. The van der Waals surface area contributed by atoms with Crippen molar-refractivity contribution in [1.29, 1.82) is 0 Å². The summed E-state index contributed by atoms with van der Waals surface area (Å²) in [6.45, 7) is 0. The van der Waals surface area contributed by atoms with Crippen LogP contribution < -0.4 is 10.9 Å². The molecule has 0 spiro atoms. The van der Waals surface area contributed by atoms with Gasteiger partial charge >= 0.3 is 0 Å². The van der Waals surface area contributed by atoms with Gasteiger partial charge in [0.1, 0.15) is 0 Å². The predicted octanol–water partition coefficient (Wildman–Crippen LogP) is 1.79. The number of aromatic nitrogens is 2. The van der Waals surface area contributed by atoms with Crippen LogP contribution in [-0.2, 0) is 4.57 Å². The quantitative estimate of drug-likeness (QED) is 0.749. The summed E-state index contributed by atoms with van der Waals surface area (Å²) >= 11 is 0. The first-order valence-electron chi connectivity index (χ1n) is 6.63. The third-order valence-electron chi connectivity index (χ3n) is 3.24. The lowest BCUT2D eigenvalue weighted by Crippen LogP contribution is -2.29. The van der Waals surface area contributed by atoms with Crippen molar-refractivity contribution in [3.8, 4) is 0 Å². The van der Waals surface area contributed by atoms with Gasteiger partial charge in [0.05, 0.1) is 0 Å². The second-order valence-corrected chi connectivity index (χ2v) is 6.75. The molecule has 5 nitrogen and oxygen atoms in total. The molecule has 0 amide bonds. The lowest BCUT2D eigenvalue weighted by molar-refractivity contribution is 0.0962. The highest BCUT2D eigenvalue weighted by Gasteiger charge is 2.31. The molecule has 0 fully saturated rings. The summed E-state index contributed by atoms with van der Waals surface area (Å²) in [4.78, 5) is 26.9. The molecule has 2 aromatic carbocycles. The molecule has 0 saturated carbocycles. The molecular formula is C16H13N2O3P. The molecule has 3 rings (SSSR count). The van der Waals surface area contributed by atoms with E-state index in [1.54, 1.807) is 60.7 Å². The second kappa shape index (κ2) is 5.72. The first-order valence-corrected chi connectivity index (χ1v) is 8.29. The van der Waals surface area contributed by atoms with Crippen LogP contribution in [-0.4, -0.2) is 20.4 Å². The zero-order chi connectivity index (χ0) is 15.6. The highest BCUT2D eigenvalue weighted by atomic mass is 31.2. The smallest absolute Gasteiger partial charge is 0.293 e. The Morgan fingerprint density at radius 3 is 2.23 bits per heavy atom. The van der Waals surface area contributed by atoms with Crippen LogP contribution in [0.3, 0.4) is 0 Å². The average molecular weight is 312 g/mol. The molecule has 6 heteroatoms. The van der Waals surface area contributed by atoms with Crippen LogP contribution in [0.4, 0.5) is 0 Å². The van der Waals surface area contributed by atoms with E-state index in [-0.39, 0.29) is 10.9 Å². The number of carbonyl (C=O) groups is 1. The third kappa shape index (κ3) is 2.52. The Morgan fingerprint density at radius 2 is 1.59 bits per heavy atom. The summed E-state index contributed by atoms with van der Waals surface area (Å²) in [7, 11) is -3.93. The van der Waals surface area contributed by atoms with E-state index >= 15 is 0 Å². The zero-order valence-corrected chi connectivity index (χ0v) is 12.4. The van der Waals surface area contributed by atoms with Crippen molar-refractivity contribution in [1.82, 2.24) is 9.55 Å². The Balaban J connectivity index is 2.07. The van der Waals surface area contributed by atoms with Crippen LogP contribution in [0.1, 0.15) is 10.4 Å². The minimum absolute atomic E-state index is 0.146. The Kier molecular flexibility index (Phi) is 3.75. The van der Waals surface area contributed by atoms with Gasteiger partial charge in [0.2, 0.25) is 5.57 Å². The Labute approximate surface area is 127 Å². The fourth-order valence-corrected chi connectivity index (χ4v) is 3.62. The molecule has 1 heterocycles. The standard InChI is InChI=1S/C16H13N2O3P/c19-15(13-7-3-1-4-8-13)18-12-11-17-16(18)22(20,21)14-9-5-2-6-10-14/h1-12H,(H,20,21). The van der Waals surface area contributed by atoms with Crippen LogP contribution in [0, 0.1) is 0 Å². The van der Waals surface area contributed by atoms with Crippen molar-refractivity contribution >= 4 is 24.1 Å². The summed E-state index contributed by atoms with van der Waals surface area (Å²) < 4.78 is 13.9. The molecule has 1 unspecified atom stereocenters. The number of benzene rings is 2. The maximum absolute atomic E-state index is 12.8. The summed E-state index contributed by atoms with van der Waals surface area (Å²) in [5.74, 6) is -0.390. The summed E-state index contributed by atoms with van der Waals surface area (Å²) in [5, 5.41) is 0.239. The molecular weight excluding hydrogens is 299 g/mol. The van der Waals surface area contributed by atoms with Crippen molar-refractivity contribution in [2.24, 2.45) is 0 Å². The van der Waals surface area contributed by atoms with E-state index in [1.807, 2.05) is 0 Å². The van der Waals surface area contributed by atoms with Crippen LogP contribution in [0.5, 0.6) is 0 Å². The van der Waals surface area contributed by atoms with E-state index in [1.165, 1.54) is 12.4 Å². The van der Waals surface area contributed by atoms with Gasteiger partial charge in [0.25, 0.3) is 13.3 Å². The third-order valence-corrected chi connectivity index (χ3v) is 5.11. The predicted molar refractivity (Wildman–Crippen MR) is 83.9 cm³/mol. The van der Waals surface area contributed by atoms with E-state index in [9.17, 15) is 14.3 Å². The molecule has 0 aliphatic heterocycles. The molecule has 0 saturated heterocycles. The van der Waals surface area contributed by atoms with Gasteiger partial charge in [-0.3, -0.25) is 13.9 Å². The van der Waals surface area contributed by atoms with Crippen molar-refractivity contribution in [2.75, 3.05) is 0 Å². The molecule has 0 bridgehead atoms. The van der Waals surface area contributed by atoms with Gasteiger partial charge in [-0.05, 0) is 24.3 Å². The normalized spacial score (nSPS) is 13.5. The molecule has 0 aliphatic rings. The van der Waals surface area contributed by atoms with Gasteiger partial charge in [-0.2, -0.15) is 0 Å². The van der Waals surface area contributed by atoms with Crippen LogP contribution >= 0.6 is 7.37 Å². The van der Waals surface area contributed by atoms with Crippen molar-refractivity contribution < 1.29 is 14.3 Å². The number of imidazole rings is 1. The van der Waals surface area contributed by atoms with E-state index in [0.29, 0.717) is 5.56 Å². The fourth-order valence-electron chi connectivity index (χ4n) is 2.14. The van der Waals surface area contributed by atoms with Crippen molar-refractivity contribution in [3.05, 3.63) is 78.6 Å². The lowest BCUT2D eigenvalue weighted by Gasteiger charge is -2.13. The number of hydrogen-bond donors (Lipinski definition) is 1. The largest absolute Gasteiger partial charge is 0.336 e. The number of hydrogen-bond acceptors (Lipinski definition) is 3. The minimum Gasteiger partial charge on any atom is -0.336 e. The Hall–Kier alpha value is -2.49. The van der Waals surface area contributed by atoms with Gasteiger partial charge in [-0.1, -0.05) is 36.4 Å². The summed E-state index contributed by atoms with van der Waals surface area (Å²) in [5.41, 5.74) is 0.280. The van der Waals surface area contributed by atoms with Gasteiger partial charge in [0.15, 0.2) is 0 Å². The minimum atomic E-state index is -3.93. The number of rotatable bonds is 3. The van der Waals surface area contributed by atoms with Gasteiger partial charge in [-0.15, -0.1) is 0 Å². The van der Waals surface area contributed by atoms with Gasteiger partial charge in [-0.25, -0.2) is 4.98 Å². The maximum Gasteiger partial charge on any atom is 0.293 e. The maximum atomic E-state index is 12.8. The van der Waals surface area contributed by atoms with E-state index in [2.05, 4.69) is 4.98 Å². The summed E-state index contributed by atoms with van der Waals surface area (Å²) in [6.07, 6.45) is 2.75. The SMILES string of the molecule is O=C(c1ccccc1)n1ccnc1P(=O)(O)c1ccccc1. The van der Waals surface area contributed by atoms with Crippen molar-refractivity contribution in [3.63, 3.8) is 0 Å². The first-order chi connectivity index (χ1) is 10.6. The Bertz CT molecular complexity index is 844. The molecule has 1 atom stereocenters. The van der Waals surface area contributed by atoms with Crippen LogP contribution in [0.2, 0.25) is 0 Å². The van der Waals surface area contributed by atoms with E-state index in [0.717, 1.165) is 4.57 Å². The summed E-state index contributed by atoms with van der Waals surface area (Å²) in [6, 6.07) is 16.8. The highest BCUT2D eigenvalue weighted by molar-refractivity contribution is 7.73.